The van der Waals surface area contributed by atoms with E-state index in [2.05, 4.69) is 49.3 Å². The number of hydrogen-bond acceptors (Lipinski definition) is 12. The first-order valence-electron chi connectivity index (χ1n) is 19.2. The molecule has 2 unspecified atom stereocenters. The molecule has 4 heterocycles. The Morgan fingerprint density at radius 1 is 0.964 bits per heavy atom. The van der Waals surface area contributed by atoms with Crippen LogP contribution in [0, 0.1) is 30.1 Å². The summed E-state index contributed by atoms with van der Waals surface area (Å²) < 4.78 is 10.00. The number of para-hydroxylation sites is 1. The number of aliphatic hydroxyl groups is 1. The van der Waals surface area contributed by atoms with Gasteiger partial charge in [-0.1, -0.05) is 37.3 Å². The predicted molar refractivity (Wildman–Crippen MR) is 214 cm³/mol. The lowest BCUT2D eigenvalue weighted by Gasteiger charge is -2.69. The van der Waals surface area contributed by atoms with Crippen molar-refractivity contribution in [2.75, 3.05) is 43.6 Å². The molecule has 13 nitrogen and oxygen atoms in total. The summed E-state index contributed by atoms with van der Waals surface area (Å²) in [6, 6.07) is 13.5. The van der Waals surface area contributed by atoms with E-state index in [1.807, 2.05) is 56.3 Å². The van der Waals surface area contributed by atoms with Crippen molar-refractivity contribution < 1.29 is 19.7 Å². The van der Waals surface area contributed by atoms with Crippen LogP contribution in [0.4, 0.5) is 22.6 Å². The van der Waals surface area contributed by atoms with Crippen LogP contribution < -0.4 is 15.5 Å². The van der Waals surface area contributed by atoms with Crippen LogP contribution >= 0.6 is 11.3 Å². The number of thiazole rings is 1. The minimum atomic E-state index is -1.11. The van der Waals surface area contributed by atoms with E-state index < -0.39 is 5.97 Å². The number of aromatic nitrogens is 6. The normalized spacial score (nSPS) is 25.5. The van der Waals surface area contributed by atoms with E-state index in [1.54, 1.807) is 29.5 Å². The topological polar surface area (TPSA) is 163 Å². The number of benzene rings is 1. The van der Waals surface area contributed by atoms with Crippen LogP contribution in [0.5, 0.6) is 0 Å². The van der Waals surface area contributed by atoms with Crippen LogP contribution in [-0.4, -0.2) is 85.1 Å². The number of hydrogen-bond donors (Lipinski definition) is 4. The first-order valence-corrected chi connectivity index (χ1v) is 20.1. The van der Waals surface area contributed by atoms with Gasteiger partial charge in [-0.25, -0.2) is 14.8 Å². The number of nitrogens with zero attached hydrogens (tertiary/aromatic N) is 7. The van der Waals surface area contributed by atoms with E-state index in [0.717, 1.165) is 90.3 Å². The SMILES string of the molecule is Cc1cc(N(C)c2ccc(-c3cnn(CC45CC6(OCCNCCCO)C[C@](C)(C4)C[C@](C)(C5)C6)c3C)c(C(=O)O)n2)nnc1Nc1nc2ccccc2s1. The average Bonchev–Trinajstić information content (AvgIpc) is 3.70. The van der Waals surface area contributed by atoms with Gasteiger partial charge in [-0.3, -0.25) is 4.68 Å². The van der Waals surface area contributed by atoms with Crippen LogP contribution in [0.25, 0.3) is 21.3 Å². The van der Waals surface area contributed by atoms with Crippen LogP contribution in [0.15, 0.2) is 48.7 Å². The van der Waals surface area contributed by atoms with Crippen molar-refractivity contribution in [3.63, 3.8) is 0 Å². The van der Waals surface area contributed by atoms with E-state index in [-0.39, 0.29) is 34.1 Å². The first-order chi connectivity index (χ1) is 26.3. The number of fused-ring (bicyclic) bond motifs is 1. The number of nitrogens with one attached hydrogen (secondary N) is 2. The number of ether oxygens (including phenoxy) is 1. The van der Waals surface area contributed by atoms with Gasteiger partial charge in [-0.05, 0) is 117 Å². The molecule has 55 heavy (non-hydrogen) atoms. The molecule has 4 fully saturated rings. The molecule has 4 aliphatic carbocycles. The van der Waals surface area contributed by atoms with Crippen molar-refractivity contribution in [2.24, 2.45) is 16.2 Å². The lowest BCUT2D eigenvalue weighted by Crippen LogP contribution is -2.64. The highest BCUT2D eigenvalue weighted by Gasteiger charge is 2.66. The fourth-order valence-corrected chi connectivity index (χ4v) is 11.8. The van der Waals surface area contributed by atoms with Crippen LogP contribution in [0.2, 0.25) is 0 Å². The van der Waals surface area contributed by atoms with Gasteiger partial charge in [0, 0.05) is 43.6 Å². The molecule has 4 bridgehead atoms. The highest BCUT2D eigenvalue weighted by atomic mass is 32.1. The Labute approximate surface area is 325 Å². The molecule has 0 aliphatic heterocycles. The quantitative estimate of drug-likeness (QED) is 0.0789. The number of pyridine rings is 1. The molecule has 0 amide bonds. The van der Waals surface area contributed by atoms with Crippen molar-refractivity contribution in [3.05, 3.63) is 65.6 Å². The van der Waals surface area contributed by atoms with Crippen molar-refractivity contribution >= 4 is 50.1 Å². The summed E-state index contributed by atoms with van der Waals surface area (Å²) in [6.07, 6.45) is 9.20. The number of aryl methyl sites for hydroxylation is 1. The Morgan fingerprint density at radius 2 is 1.75 bits per heavy atom. The number of carboxylic acid groups (broad SMARTS) is 1. The molecule has 5 aromatic rings. The predicted octanol–water partition coefficient (Wildman–Crippen LogP) is 7.28. The summed E-state index contributed by atoms with van der Waals surface area (Å²) in [7, 11) is 1.80. The second-order valence-electron chi connectivity index (χ2n) is 17.1. The van der Waals surface area contributed by atoms with Crippen molar-refractivity contribution in [1.82, 2.24) is 35.3 Å². The maximum absolute atomic E-state index is 12.7. The number of carbonyl (C=O) groups is 1. The summed E-state index contributed by atoms with van der Waals surface area (Å²) in [5, 5.41) is 40.7. The third-order valence-corrected chi connectivity index (χ3v) is 12.9. The fraction of sp³-hybridized carbons (Fsp3) is 0.512. The highest BCUT2D eigenvalue weighted by Crippen LogP contribution is 2.72. The molecule has 4 N–H and O–H groups in total. The van der Waals surface area contributed by atoms with Gasteiger partial charge in [0.2, 0.25) is 0 Å². The zero-order valence-corrected chi connectivity index (χ0v) is 33.2. The van der Waals surface area contributed by atoms with Crippen LogP contribution in [0.1, 0.15) is 80.5 Å². The Morgan fingerprint density at radius 3 is 2.47 bits per heavy atom. The van der Waals surface area contributed by atoms with Gasteiger partial charge in [0.15, 0.2) is 22.5 Å². The monoisotopic (exact) mass is 765 g/mol. The summed E-state index contributed by atoms with van der Waals surface area (Å²) >= 11 is 1.55. The molecular weight excluding hydrogens is 715 g/mol. The smallest absolute Gasteiger partial charge is 0.355 e. The third-order valence-electron chi connectivity index (χ3n) is 12.0. The fourth-order valence-electron chi connectivity index (χ4n) is 10.9. The number of carboxylic acids is 1. The lowest BCUT2D eigenvalue weighted by molar-refractivity contribution is -0.247. The molecule has 14 heteroatoms. The highest BCUT2D eigenvalue weighted by molar-refractivity contribution is 7.22. The number of anilines is 4. The Hall–Kier alpha value is -4.50. The lowest BCUT2D eigenvalue weighted by atomic mass is 9.39. The molecule has 0 saturated heterocycles. The average molecular weight is 766 g/mol. The molecule has 0 spiro atoms. The van der Waals surface area contributed by atoms with E-state index in [9.17, 15) is 9.90 Å². The molecule has 4 atom stereocenters. The summed E-state index contributed by atoms with van der Waals surface area (Å²) in [6.45, 7) is 12.1. The van der Waals surface area contributed by atoms with Gasteiger partial charge in [0.1, 0.15) is 5.82 Å². The molecular formula is C41H51N9O4S. The summed E-state index contributed by atoms with van der Waals surface area (Å²) in [5.74, 6) is 0.462. The molecule has 0 radical (unpaired) electrons. The number of aliphatic hydroxyl groups excluding tert-OH is 1. The standard InChI is InChI=1S/C41H51N9O4S/c1-26-17-33(47-48-35(26)46-37-44-30-9-6-7-10-31(30)55-37)49(5)32-12-11-28(34(45-32)36(52)53)29-18-43-50(27(29)2)25-40-20-38(3)19-39(4,21-40)23-41(22-38,24-40)54-16-14-42-13-8-15-51/h6-7,9-12,17-18,42,51H,8,13-16,19-25H2,1-5H3,(H,52,53)(H,44,46,48)/t38-,39+,40?,41?. The number of aromatic carboxylic acids is 1. The summed E-state index contributed by atoms with van der Waals surface area (Å²) in [5.41, 5.74) is 4.26. The second-order valence-corrected chi connectivity index (χ2v) is 18.1. The Balaban J connectivity index is 1.00. The van der Waals surface area contributed by atoms with E-state index >= 15 is 0 Å². The van der Waals surface area contributed by atoms with Crippen LogP contribution in [0.3, 0.4) is 0 Å². The van der Waals surface area contributed by atoms with Gasteiger partial charge in [0.05, 0.1) is 28.6 Å². The maximum Gasteiger partial charge on any atom is 0.355 e. The molecule has 290 valence electrons. The molecule has 4 aliphatic rings. The third kappa shape index (κ3) is 7.32. The maximum atomic E-state index is 12.7. The van der Waals surface area contributed by atoms with Gasteiger partial charge in [0.25, 0.3) is 0 Å². The van der Waals surface area contributed by atoms with Gasteiger partial charge < -0.3 is 30.5 Å². The van der Waals surface area contributed by atoms with E-state index in [4.69, 9.17) is 14.9 Å². The zero-order valence-electron chi connectivity index (χ0n) is 32.4. The van der Waals surface area contributed by atoms with Crippen LogP contribution in [-0.2, 0) is 11.3 Å². The first kappa shape index (κ1) is 37.4. The second kappa shape index (κ2) is 14.2. The minimum Gasteiger partial charge on any atom is -0.476 e. The largest absolute Gasteiger partial charge is 0.476 e. The van der Waals surface area contributed by atoms with Gasteiger partial charge in [-0.2, -0.15) is 5.10 Å². The van der Waals surface area contributed by atoms with Crippen molar-refractivity contribution in [2.45, 2.75) is 84.8 Å². The Bertz CT molecular complexity index is 2190. The number of rotatable bonds is 15. The molecule has 4 saturated carbocycles. The van der Waals surface area contributed by atoms with E-state index in [1.165, 1.54) is 6.42 Å². The zero-order chi connectivity index (χ0) is 38.6. The molecule has 9 rings (SSSR count). The van der Waals surface area contributed by atoms with E-state index in [0.29, 0.717) is 29.6 Å². The van der Waals surface area contributed by atoms with Gasteiger partial charge in [-0.15, -0.1) is 10.2 Å². The van der Waals surface area contributed by atoms with Crippen molar-refractivity contribution in [3.8, 4) is 11.1 Å². The molecule has 1 aromatic carbocycles. The summed E-state index contributed by atoms with van der Waals surface area (Å²) in [4.78, 5) is 23.8. The Kier molecular flexibility index (Phi) is 9.67. The minimum absolute atomic E-state index is 0.0374. The van der Waals surface area contributed by atoms with Gasteiger partial charge >= 0.3 is 5.97 Å². The van der Waals surface area contributed by atoms with Crippen molar-refractivity contribution in [1.29, 1.82) is 0 Å². The molecule has 4 aromatic heterocycles.